The lowest BCUT2D eigenvalue weighted by molar-refractivity contribution is 1.17. The summed E-state index contributed by atoms with van der Waals surface area (Å²) in [5.74, 6) is 0. The number of para-hydroxylation sites is 2. The van der Waals surface area contributed by atoms with E-state index in [9.17, 15) is 0 Å². The summed E-state index contributed by atoms with van der Waals surface area (Å²) in [7, 11) is -5.45. The number of hydrogen-bond donors (Lipinski definition) is 0. The Morgan fingerprint density at radius 3 is 1.34 bits per heavy atom. The lowest BCUT2D eigenvalue weighted by atomic mass is 9.94. The van der Waals surface area contributed by atoms with Gasteiger partial charge in [0.25, 0.3) is 0 Å². The Morgan fingerprint density at radius 2 is 0.711 bits per heavy atom. The zero-order valence-electron chi connectivity index (χ0n) is 41.8. The predicted molar refractivity (Wildman–Crippen MR) is 327 cm³/mol. The van der Waals surface area contributed by atoms with Crippen molar-refractivity contribution < 1.29 is 0 Å². The summed E-state index contributed by atoms with van der Waals surface area (Å²) in [6, 6.07) is 114. The molecule has 0 spiro atoms. The number of nitrogens with zero attached hydrogens (tertiary/aromatic N) is 2. The van der Waals surface area contributed by atoms with Gasteiger partial charge in [0.2, 0.25) is 0 Å². The summed E-state index contributed by atoms with van der Waals surface area (Å²) in [5, 5.41) is 16.1. The van der Waals surface area contributed by atoms with Crippen molar-refractivity contribution in [1.82, 2.24) is 9.13 Å². The summed E-state index contributed by atoms with van der Waals surface area (Å²) in [5.41, 5.74) is 12.2. The maximum absolute atomic E-state index is 2.78. The fraction of sp³-hybridized carbons (Fsp3) is 0. The van der Waals surface area contributed by atoms with Crippen LogP contribution in [0.2, 0.25) is 0 Å². The molecule has 15 rings (SSSR count). The summed E-state index contributed by atoms with van der Waals surface area (Å²) < 4.78 is 4.99. The highest BCUT2D eigenvalue weighted by atomic mass is 28.3. The van der Waals surface area contributed by atoms with E-state index in [1.54, 1.807) is 0 Å². The molecule has 4 heteroatoms. The Balaban J connectivity index is 0.925. The second-order valence-electron chi connectivity index (χ2n) is 20.3. The van der Waals surface area contributed by atoms with Gasteiger partial charge < -0.3 is 9.13 Å². The molecule has 0 unspecified atom stereocenters. The molecular formula is C72H50N2Si2. The molecule has 12 aromatic carbocycles. The third kappa shape index (κ3) is 6.45. The number of aromatic nitrogens is 2. The van der Waals surface area contributed by atoms with Gasteiger partial charge in [0.1, 0.15) is 0 Å². The molecular weight excluding hydrogens is 949 g/mol. The Kier molecular flexibility index (Phi) is 10.3. The fourth-order valence-corrected chi connectivity index (χ4v) is 23.5. The van der Waals surface area contributed by atoms with Gasteiger partial charge in [-0.3, -0.25) is 0 Å². The van der Waals surface area contributed by atoms with E-state index in [4.69, 9.17) is 0 Å². The van der Waals surface area contributed by atoms with Crippen LogP contribution in [0.5, 0.6) is 0 Å². The molecule has 76 heavy (non-hydrogen) atoms. The van der Waals surface area contributed by atoms with E-state index in [-0.39, 0.29) is 0 Å². The third-order valence-corrected chi connectivity index (χ3v) is 26.2. The summed E-state index contributed by atoms with van der Waals surface area (Å²) in [4.78, 5) is 0. The van der Waals surface area contributed by atoms with Gasteiger partial charge in [0, 0.05) is 32.9 Å². The van der Waals surface area contributed by atoms with E-state index in [1.165, 1.54) is 107 Å². The molecule has 0 fully saturated rings. The summed E-state index contributed by atoms with van der Waals surface area (Å²) in [6.45, 7) is 0. The van der Waals surface area contributed by atoms with Crippen molar-refractivity contribution in [2.75, 3.05) is 0 Å². The maximum atomic E-state index is 2.50. The molecule has 0 atom stereocenters. The molecule has 0 saturated heterocycles. The first kappa shape index (κ1) is 44.2. The van der Waals surface area contributed by atoms with Crippen LogP contribution < -0.4 is 41.5 Å². The van der Waals surface area contributed by atoms with Crippen LogP contribution in [0.1, 0.15) is 0 Å². The van der Waals surface area contributed by atoms with Crippen LogP contribution in [0.3, 0.4) is 0 Å². The Morgan fingerprint density at radius 1 is 0.263 bits per heavy atom. The van der Waals surface area contributed by atoms with Crippen molar-refractivity contribution in [2.24, 2.45) is 0 Å². The van der Waals surface area contributed by atoms with Gasteiger partial charge in [-0.1, -0.05) is 255 Å². The van der Waals surface area contributed by atoms with Gasteiger partial charge in [0.05, 0.1) is 22.1 Å². The van der Waals surface area contributed by atoms with E-state index < -0.39 is 16.1 Å². The van der Waals surface area contributed by atoms with Gasteiger partial charge in [-0.05, 0) is 112 Å². The number of benzene rings is 12. The molecule has 3 heterocycles. The monoisotopic (exact) mass is 998 g/mol. The molecule has 0 aliphatic carbocycles. The highest BCUT2D eigenvalue weighted by Gasteiger charge is 2.49. The smallest absolute Gasteiger partial charge is 0.180 e. The molecule has 0 N–H and O–H groups in total. The number of fused-ring (bicyclic) bond motifs is 9. The van der Waals surface area contributed by atoms with Gasteiger partial charge in [-0.2, -0.15) is 0 Å². The molecule has 2 nitrogen and oxygen atoms in total. The first-order valence-electron chi connectivity index (χ1n) is 26.4. The Bertz CT molecular complexity index is 4370. The Labute approximate surface area is 444 Å². The van der Waals surface area contributed by atoms with E-state index in [0.29, 0.717) is 0 Å². The molecule has 0 saturated carbocycles. The van der Waals surface area contributed by atoms with Crippen LogP contribution >= 0.6 is 0 Å². The largest absolute Gasteiger partial charge is 0.309 e. The second-order valence-corrected chi connectivity index (χ2v) is 27.8. The highest BCUT2D eigenvalue weighted by molar-refractivity contribution is 7.22. The minimum Gasteiger partial charge on any atom is -0.309 e. The Hall–Kier alpha value is -9.33. The van der Waals surface area contributed by atoms with Crippen molar-refractivity contribution in [2.45, 2.75) is 0 Å². The second kappa shape index (κ2) is 17.7. The molecule has 2 aromatic heterocycles. The molecule has 0 amide bonds. The van der Waals surface area contributed by atoms with E-state index in [0.717, 1.165) is 11.4 Å². The first-order chi connectivity index (χ1) is 37.7. The maximum Gasteiger partial charge on any atom is 0.180 e. The molecule has 1 aliphatic heterocycles. The molecule has 1 aliphatic rings. The average molecular weight is 999 g/mol. The standard InChI is InChI=1S/C72H50N2Si2/c1-6-25-54(26-7-1)75(55-27-8-2-9-28-55,56-29-10-3-11-30-56)59-35-22-24-52(49-59)73-67-41-20-17-37-62(67)65-50-53(45-47-68(65)73)74-66-40-19-16-36-61(66)63-46-44-51(48-69(63)74)60-39-23-43-71-72(60)64-38-18-21-42-70(64)76(71,57-31-12-4-13-32-57)58-33-14-5-15-34-58/h1-50H. The zero-order valence-corrected chi connectivity index (χ0v) is 43.8. The first-order valence-corrected chi connectivity index (χ1v) is 30.4. The summed E-state index contributed by atoms with van der Waals surface area (Å²) >= 11 is 0. The van der Waals surface area contributed by atoms with Crippen molar-refractivity contribution >= 4 is 101 Å². The summed E-state index contributed by atoms with van der Waals surface area (Å²) in [6.07, 6.45) is 0. The molecule has 0 bridgehead atoms. The number of hydrogen-bond acceptors (Lipinski definition) is 0. The third-order valence-electron chi connectivity index (χ3n) is 16.5. The topological polar surface area (TPSA) is 9.86 Å². The molecule has 356 valence electrons. The van der Waals surface area contributed by atoms with Gasteiger partial charge >= 0.3 is 0 Å². The lowest BCUT2D eigenvalue weighted by Gasteiger charge is -2.34. The van der Waals surface area contributed by atoms with Crippen LogP contribution in [0.4, 0.5) is 0 Å². The number of rotatable bonds is 9. The van der Waals surface area contributed by atoms with E-state index >= 15 is 0 Å². The molecule has 14 aromatic rings. The van der Waals surface area contributed by atoms with Crippen molar-refractivity contribution in [3.8, 4) is 33.6 Å². The minimum absolute atomic E-state index is 1.14. The van der Waals surface area contributed by atoms with Crippen LogP contribution in [0.25, 0.3) is 77.2 Å². The van der Waals surface area contributed by atoms with Gasteiger partial charge in [-0.15, -0.1) is 0 Å². The molecule has 0 radical (unpaired) electrons. The predicted octanol–water partition coefficient (Wildman–Crippen LogP) is 12.3. The van der Waals surface area contributed by atoms with Crippen molar-refractivity contribution in [3.05, 3.63) is 303 Å². The fourth-order valence-electron chi connectivity index (χ4n) is 13.5. The van der Waals surface area contributed by atoms with Gasteiger partial charge in [-0.25, -0.2) is 0 Å². The quantitative estimate of drug-likeness (QED) is 0.101. The highest BCUT2D eigenvalue weighted by Crippen LogP contribution is 2.41. The van der Waals surface area contributed by atoms with Gasteiger partial charge in [0.15, 0.2) is 16.1 Å². The normalized spacial score (nSPS) is 12.8. The average Bonchev–Trinajstić information content (AvgIpc) is 4.26. The van der Waals surface area contributed by atoms with E-state index in [1.807, 2.05) is 0 Å². The SMILES string of the molecule is c1ccc([Si](c2ccccc2)(c2ccccc2)c2cccc(-n3c4ccccc4c4cc(-n5c6ccccc6c6ccc(-c7cccc8c7-c7ccccc7[Si]8(c7ccccc7)c7ccccc7)cc65)ccc43)c2)cc1. The van der Waals surface area contributed by atoms with Crippen molar-refractivity contribution in [1.29, 1.82) is 0 Å². The van der Waals surface area contributed by atoms with Crippen LogP contribution in [0.15, 0.2) is 303 Å². The van der Waals surface area contributed by atoms with Crippen molar-refractivity contribution in [3.63, 3.8) is 0 Å². The van der Waals surface area contributed by atoms with Crippen LogP contribution in [0, 0.1) is 0 Å². The van der Waals surface area contributed by atoms with Crippen LogP contribution in [-0.2, 0) is 0 Å². The lowest BCUT2D eigenvalue weighted by Crippen LogP contribution is -2.74. The van der Waals surface area contributed by atoms with Crippen LogP contribution in [-0.4, -0.2) is 25.3 Å². The van der Waals surface area contributed by atoms with E-state index in [2.05, 4.69) is 312 Å². The zero-order chi connectivity index (χ0) is 50.2. The minimum atomic E-state index is -2.78.